The van der Waals surface area contributed by atoms with Crippen molar-refractivity contribution in [3.8, 4) is 10.8 Å². The number of nitrogens with zero attached hydrogens (tertiary/aromatic N) is 6. The first kappa shape index (κ1) is 20.7. The molecule has 0 bridgehead atoms. The molecule has 31 heavy (non-hydrogen) atoms. The first-order chi connectivity index (χ1) is 15.1. The zero-order valence-corrected chi connectivity index (χ0v) is 17.6. The standard InChI is InChI=1S/C20H20N6O4S/c1-2-9-25(11-17-22-23-20(30-17)16-8-5-10-31-16)18(27)13-29-19(28)12-26-15-7-4-3-6-14(15)21-24-26/h3-8,10H,2,9,11-13H2,1H3. The fourth-order valence-corrected chi connectivity index (χ4v) is 3.62. The van der Waals surface area contributed by atoms with Crippen LogP contribution in [0.5, 0.6) is 0 Å². The largest absolute Gasteiger partial charge is 0.454 e. The maximum absolute atomic E-state index is 12.6. The molecule has 160 valence electrons. The van der Waals surface area contributed by atoms with Gasteiger partial charge in [-0.2, -0.15) is 0 Å². The van der Waals surface area contributed by atoms with Gasteiger partial charge in [-0.05, 0) is 30.0 Å². The first-order valence-electron chi connectivity index (χ1n) is 9.72. The van der Waals surface area contributed by atoms with Crippen molar-refractivity contribution in [2.24, 2.45) is 0 Å². The molecule has 0 aliphatic heterocycles. The summed E-state index contributed by atoms with van der Waals surface area (Å²) in [5.41, 5.74) is 1.40. The molecule has 0 saturated heterocycles. The molecule has 11 heteroatoms. The highest BCUT2D eigenvalue weighted by Gasteiger charge is 2.19. The van der Waals surface area contributed by atoms with Crippen molar-refractivity contribution >= 4 is 34.2 Å². The van der Waals surface area contributed by atoms with E-state index in [9.17, 15) is 9.59 Å². The summed E-state index contributed by atoms with van der Waals surface area (Å²) in [6.07, 6.45) is 0.733. The topological polar surface area (TPSA) is 116 Å². The van der Waals surface area contributed by atoms with Crippen LogP contribution in [-0.2, 0) is 27.4 Å². The van der Waals surface area contributed by atoms with Gasteiger partial charge in [0, 0.05) is 6.54 Å². The smallest absolute Gasteiger partial charge is 0.328 e. The number of rotatable bonds is 9. The Morgan fingerprint density at radius 1 is 1.16 bits per heavy atom. The third-order valence-electron chi connectivity index (χ3n) is 4.43. The third kappa shape index (κ3) is 4.94. The van der Waals surface area contributed by atoms with E-state index in [0.29, 0.717) is 23.8 Å². The van der Waals surface area contributed by atoms with E-state index in [2.05, 4.69) is 20.5 Å². The highest BCUT2D eigenvalue weighted by atomic mass is 32.1. The van der Waals surface area contributed by atoms with Gasteiger partial charge in [-0.25, -0.2) is 4.68 Å². The van der Waals surface area contributed by atoms with Crippen molar-refractivity contribution in [1.29, 1.82) is 0 Å². The van der Waals surface area contributed by atoms with Crippen LogP contribution in [0, 0.1) is 0 Å². The second-order valence-electron chi connectivity index (χ2n) is 6.69. The molecular formula is C20H20N6O4S. The Kier molecular flexibility index (Phi) is 6.32. The number of fused-ring (bicyclic) bond motifs is 1. The summed E-state index contributed by atoms with van der Waals surface area (Å²) in [4.78, 5) is 27.2. The van der Waals surface area contributed by atoms with Crippen molar-refractivity contribution in [1.82, 2.24) is 30.1 Å². The minimum absolute atomic E-state index is 0.130. The summed E-state index contributed by atoms with van der Waals surface area (Å²) in [6, 6.07) is 11.1. The molecule has 0 aliphatic rings. The van der Waals surface area contributed by atoms with Gasteiger partial charge < -0.3 is 14.1 Å². The summed E-state index contributed by atoms with van der Waals surface area (Å²) in [5.74, 6) is -0.168. The summed E-state index contributed by atoms with van der Waals surface area (Å²) < 4.78 is 12.3. The van der Waals surface area contributed by atoms with Gasteiger partial charge in [-0.15, -0.1) is 26.6 Å². The summed E-state index contributed by atoms with van der Waals surface area (Å²) in [7, 11) is 0. The molecule has 0 aliphatic carbocycles. The lowest BCUT2D eigenvalue weighted by molar-refractivity contribution is -0.153. The second-order valence-corrected chi connectivity index (χ2v) is 7.64. The number of para-hydroxylation sites is 1. The van der Waals surface area contributed by atoms with Gasteiger partial charge in [-0.1, -0.05) is 30.3 Å². The average Bonchev–Trinajstić information content (AvgIpc) is 3.53. The average molecular weight is 440 g/mol. The van der Waals surface area contributed by atoms with Crippen LogP contribution in [0.1, 0.15) is 19.2 Å². The van der Waals surface area contributed by atoms with Gasteiger partial charge in [0.2, 0.25) is 5.89 Å². The molecule has 0 saturated carbocycles. The molecule has 0 N–H and O–H groups in total. The molecule has 0 radical (unpaired) electrons. The van der Waals surface area contributed by atoms with E-state index in [1.807, 2.05) is 42.6 Å². The fraction of sp³-hybridized carbons (Fsp3) is 0.300. The number of thiophene rings is 1. The van der Waals surface area contributed by atoms with Crippen LogP contribution in [-0.4, -0.2) is 55.1 Å². The minimum atomic E-state index is -0.571. The number of ether oxygens (including phenoxy) is 1. The zero-order valence-electron chi connectivity index (χ0n) is 16.8. The van der Waals surface area contributed by atoms with Crippen LogP contribution in [0.2, 0.25) is 0 Å². The predicted molar refractivity (Wildman–Crippen MR) is 112 cm³/mol. The molecule has 0 spiro atoms. The molecule has 4 aromatic rings. The van der Waals surface area contributed by atoms with Crippen LogP contribution in [0.25, 0.3) is 21.8 Å². The van der Waals surface area contributed by atoms with Crippen LogP contribution in [0.3, 0.4) is 0 Å². The number of amides is 1. The monoisotopic (exact) mass is 440 g/mol. The van der Waals surface area contributed by atoms with E-state index in [-0.39, 0.29) is 25.6 Å². The van der Waals surface area contributed by atoms with E-state index in [1.54, 1.807) is 6.07 Å². The van der Waals surface area contributed by atoms with Gasteiger partial charge in [0.15, 0.2) is 6.61 Å². The van der Waals surface area contributed by atoms with E-state index in [4.69, 9.17) is 9.15 Å². The Labute approximate surface area is 181 Å². The van der Waals surface area contributed by atoms with Crippen molar-refractivity contribution in [3.05, 3.63) is 47.7 Å². The lowest BCUT2D eigenvalue weighted by Gasteiger charge is -2.20. The van der Waals surface area contributed by atoms with E-state index in [0.717, 1.165) is 16.8 Å². The maximum atomic E-state index is 12.6. The highest BCUT2D eigenvalue weighted by Crippen LogP contribution is 2.23. The van der Waals surface area contributed by atoms with Gasteiger partial charge in [0.25, 0.3) is 11.8 Å². The van der Waals surface area contributed by atoms with Crippen molar-refractivity contribution in [2.45, 2.75) is 26.4 Å². The molecule has 10 nitrogen and oxygen atoms in total. The van der Waals surface area contributed by atoms with Gasteiger partial charge in [0.1, 0.15) is 12.1 Å². The normalized spacial score (nSPS) is 11.0. The molecule has 1 amide bonds. The van der Waals surface area contributed by atoms with Crippen LogP contribution in [0.4, 0.5) is 0 Å². The predicted octanol–water partition coefficient (Wildman–Crippen LogP) is 2.52. The van der Waals surface area contributed by atoms with Gasteiger partial charge in [0.05, 0.1) is 16.9 Å². The SMILES string of the molecule is CCCN(Cc1nnc(-c2cccs2)o1)C(=O)COC(=O)Cn1nnc2ccccc21. The summed E-state index contributed by atoms with van der Waals surface area (Å²) in [5, 5.41) is 17.9. The van der Waals surface area contributed by atoms with E-state index >= 15 is 0 Å². The van der Waals surface area contributed by atoms with Crippen molar-refractivity contribution < 1.29 is 18.7 Å². The number of hydrogen-bond donors (Lipinski definition) is 0. The Morgan fingerprint density at radius 2 is 2.03 bits per heavy atom. The van der Waals surface area contributed by atoms with Crippen LogP contribution < -0.4 is 0 Å². The number of benzene rings is 1. The fourth-order valence-electron chi connectivity index (χ4n) is 2.98. The lowest BCUT2D eigenvalue weighted by atomic mass is 10.3. The zero-order chi connectivity index (χ0) is 21.6. The second kappa shape index (κ2) is 9.47. The molecule has 0 fully saturated rings. The molecule has 3 aromatic heterocycles. The Balaban J connectivity index is 1.33. The first-order valence-corrected chi connectivity index (χ1v) is 10.6. The van der Waals surface area contributed by atoms with E-state index in [1.165, 1.54) is 20.9 Å². The maximum Gasteiger partial charge on any atom is 0.328 e. The van der Waals surface area contributed by atoms with E-state index < -0.39 is 5.97 Å². The summed E-state index contributed by atoms with van der Waals surface area (Å²) in [6.45, 7) is 2.07. The van der Waals surface area contributed by atoms with Gasteiger partial charge in [-0.3, -0.25) is 9.59 Å². The van der Waals surface area contributed by atoms with Crippen molar-refractivity contribution in [2.75, 3.05) is 13.2 Å². The molecule has 3 heterocycles. The number of aromatic nitrogens is 5. The molecule has 4 rings (SSSR count). The Morgan fingerprint density at radius 3 is 2.84 bits per heavy atom. The number of hydrogen-bond acceptors (Lipinski definition) is 9. The van der Waals surface area contributed by atoms with Crippen LogP contribution >= 0.6 is 11.3 Å². The number of carbonyl (C=O) groups excluding carboxylic acids is 2. The summed E-state index contributed by atoms with van der Waals surface area (Å²) >= 11 is 1.49. The Bertz CT molecular complexity index is 1170. The lowest BCUT2D eigenvalue weighted by Crippen LogP contribution is -2.35. The molecule has 0 atom stereocenters. The van der Waals surface area contributed by atoms with Crippen molar-refractivity contribution in [3.63, 3.8) is 0 Å². The minimum Gasteiger partial charge on any atom is -0.454 e. The quantitative estimate of drug-likeness (QED) is 0.365. The highest BCUT2D eigenvalue weighted by molar-refractivity contribution is 7.13. The molecule has 0 unspecified atom stereocenters. The van der Waals surface area contributed by atoms with Crippen LogP contribution in [0.15, 0.2) is 46.2 Å². The Hall–Kier alpha value is -3.60. The molecular weight excluding hydrogens is 420 g/mol. The number of esters is 1. The molecule has 1 aromatic carbocycles. The third-order valence-corrected chi connectivity index (χ3v) is 5.28. The number of carbonyl (C=O) groups is 2. The van der Waals surface area contributed by atoms with Gasteiger partial charge >= 0.3 is 5.97 Å².